The van der Waals surface area contributed by atoms with Gasteiger partial charge in [-0.15, -0.1) is 0 Å². The molecule has 4 aliphatic rings. The van der Waals surface area contributed by atoms with Gasteiger partial charge in [-0.05, 0) is 68.1 Å². The van der Waals surface area contributed by atoms with E-state index >= 15 is 0 Å². The lowest BCUT2D eigenvalue weighted by atomic mass is 9.68. The van der Waals surface area contributed by atoms with E-state index in [1.807, 2.05) is 4.90 Å². The van der Waals surface area contributed by atoms with Crippen LogP contribution in [-0.4, -0.2) is 31.9 Å². The molecule has 1 aromatic rings. The first kappa shape index (κ1) is 15.9. The second-order valence-electron chi connectivity index (χ2n) is 7.59. The fourth-order valence-corrected chi connectivity index (χ4v) is 5.54. The van der Waals surface area contributed by atoms with Gasteiger partial charge in [0.1, 0.15) is 0 Å². The summed E-state index contributed by atoms with van der Waals surface area (Å²) in [5, 5.41) is 8.02. The predicted octanol–water partition coefficient (Wildman–Crippen LogP) is 2.38. The van der Waals surface area contributed by atoms with Crippen molar-refractivity contribution in [2.45, 2.75) is 43.0 Å². The van der Waals surface area contributed by atoms with Gasteiger partial charge in [-0.25, -0.2) is 18.4 Å². The van der Waals surface area contributed by atoms with Gasteiger partial charge in [0.25, 0.3) is 0 Å². The standard InChI is InChI=1S/C17H23N3O3S/c18-24(22,23)16-3-1-2-14(9-16)19-17(21)20-10-13-5-11-4-12(6-13)8-15(20)7-11/h1-3,9,11-13,15H,4-8,10H2,(H,19,21)(H2,18,22,23). The highest BCUT2D eigenvalue weighted by atomic mass is 32.2. The number of urea groups is 1. The minimum Gasteiger partial charge on any atom is -0.321 e. The molecule has 2 aliphatic carbocycles. The Balaban J connectivity index is 1.52. The van der Waals surface area contributed by atoms with Gasteiger partial charge in [0.15, 0.2) is 0 Å². The van der Waals surface area contributed by atoms with Crippen LogP contribution >= 0.6 is 0 Å². The molecular weight excluding hydrogens is 326 g/mol. The van der Waals surface area contributed by atoms with Gasteiger partial charge >= 0.3 is 6.03 Å². The van der Waals surface area contributed by atoms with Crippen molar-refractivity contribution in [3.63, 3.8) is 0 Å². The molecule has 24 heavy (non-hydrogen) atoms. The molecule has 2 unspecified atom stereocenters. The van der Waals surface area contributed by atoms with Gasteiger partial charge in [0, 0.05) is 18.3 Å². The molecule has 6 nitrogen and oxygen atoms in total. The first-order valence-corrected chi connectivity index (χ1v) is 10.1. The van der Waals surface area contributed by atoms with Crippen LogP contribution < -0.4 is 10.5 Å². The maximum atomic E-state index is 12.8. The summed E-state index contributed by atoms with van der Waals surface area (Å²) in [6.45, 7) is 0.818. The van der Waals surface area contributed by atoms with Crippen molar-refractivity contribution in [2.75, 3.05) is 11.9 Å². The smallest absolute Gasteiger partial charge is 0.321 e. The topological polar surface area (TPSA) is 92.5 Å². The van der Waals surface area contributed by atoms with Crippen LogP contribution in [0.5, 0.6) is 0 Å². The molecule has 0 aromatic heterocycles. The number of amides is 2. The van der Waals surface area contributed by atoms with E-state index in [1.165, 1.54) is 31.4 Å². The zero-order valence-corrected chi connectivity index (χ0v) is 14.3. The van der Waals surface area contributed by atoms with Gasteiger partial charge in [0.2, 0.25) is 10.0 Å². The maximum Gasteiger partial charge on any atom is 0.322 e. The second kappa shape index (κ2) is 5.74. The van der Waals surface area contributed by atoms with Crippen molar-refractivity contribution in [1.29, 1.82) is 0 Å². The molecule has 2 heterocycles. The normalized spacial score (nSPS) is 31.8. The van der Waals surface area contributed by atoms with Crippen LogP contribution in [0.25, 0.3) is 0 Å². The molecule has 4 fully saturated rings. The second-order valence-corrected chi connectivity index (χ2v) is 9.15. The SMILES string of the molecule is NS(=O)(=O)c1cccc(NC(=O)N2CC3CC4CC(C3)CC2C4)c1. The Morgan fingerprint density at radius 1 is 1.08 bits per heavy atom. The Hall–Kier alpha value is -1.60. The number of nitrogens with two attached hydrogens (primary N) is 1. The van der Waals surface area contributed by atoms with Gasteiger partial charge < -0.3 is 10.2 Å². The summed E-state index contributed by atoms with van der Waals surface area (Å²) < 4.78 is 22.9. The molecule has 5 rings (SSSR count). The molecule has 1 aromatic carbocycles. The summed E-state index contributed by atoms with van der Waals surface area (Å²) in [4.78, 5) is 14.8. The van der Waals surface area contributed by atoms with E-state index in [2.05, 4.69) is 5.32 Å². The van der Waals surface area contributed by atoms with Crippen molar-refractivity contribution >= 4 is 21.7 Å². The molecule has 130 valence electrons. The van der Waals surface area contributed by atoms with Crippen LogP contribution in [0.1, 0.15) is 32.1 Å². The van der Waals surface area contributed by atoms with Crippen molar-refractivity contribution in [3.8, 4) is 0 Å². The summed E-state index contributed by atoms with van der Waals surface area (Å²) in [6.07, 6.45) is 6.05. The van der Waals surface area contributed by atoms with Gasteiger partial charge in [-0.3, -0.25) is 0 Å². The number of carbonyl (C=O) groups is 1. The lowest BCUT2D eigenvalue weighted by Gasteiger charge is -2.38. The quantitative estimate of drug-likeness (QED) is 0.858. The summed E-state index contributed by atoms with van der Waals surface area (Å²) >= 11 is 0. The highest BCUT2D eigenvalue weighted by Gasteiger charge is 2.44. The summed E-state index contributed by atoms with van der Waals surface area (Å²) in [7, 11) is -3.77. The first-order chi connectivity index (χ1) is 11.4. The zero-order chi connectivity index (χ0) is 16.9. The Morgan fingerprint density at radius 3 is 2.42 bits per heavy atom. The monoisotopic (exact) mass is 349 g/mol. The number of anilines is 1. The van der Waals surface area contributed by atoms with Gasteiger partial charge in [-0.1, -0.05) is 6.07 Å². The van der Waals surface area contributed by atoms with E-state index in [0.29, 0.717) is 17.6 Å². The maximum absolute atomic E-state index is 12.8. The number of hydrogen-bond acceptors (Lipinski definition) is 3. The number of nitrogens with one attached hydrogen (secondary N) is 1. The number of primary sulfonamides is 1. The van der Waals surface area contributed by atoms with Crippen molar-refractivity contribution in [3.05, 3.63) is 24.3 Å². The Morgan fingerprint density at radius 2 is 1.75 bits per heavy atom. The molecule has 2 amide bonds. The van der Waals surface area contributed by atoms with E-state index in [0.717, 1.165) is 31.2 Å². The van der Waals surface area contributed by atoms with Crippen LogP contribution in [-0.2, 0) is 10.0 Å². The third-order valence-corrected chi connectivity index (χ3v) is 6.69. The predicted molar refractivity (Wildman–Crippen MR) is 90.9 cm³/mol. The summed E-state index contributed by atoms with van der Waals surface area (Å²) in [6, 6.07) is 6.31. The highest BCUT2D eigenvalue weighted by Crippen LogP contribution is 2.47. The molecule has 7 heteroatoms. The minimum atomic E-state index is -3.77. The third-order valence-electron chi connectivity index (χ3n) is 5.78. The molecule has 4 bridgehead atoms. The highest BCUT2D eigenvalue weighted by molar-refractivity contribution is 7.89. The Labute approximate surface area is 142 Å². The van der Waals surface area contributed by atoms with Crippen LogP contribution in [0.3, 0.4) is 0 Å². The van der Waals surface area contributed by atoms with E-state index in [1.54, 1.807) is 12.1 Å². The minimum absolute atomic E-state index is 0.0103. The number of nitrogens with zero attached hydrogens (tertiary/aromatic N) is 1. The molecule has 2 saturated heterocycles. The van der Waals surface area contributed by atoms with Gasteiger partial charge in [0.05, 0.1) is 4.90 Å². The molecule has 3 N–H and O–H groups in total. The number of sulfonamides is 1. The fourth-order valence-electron chi connectivity index (χ4n) is 4.98. The summed E-state index contributed by atoms with van der Waals surface area (Å²) in [5.74, 6) is 2.16. The molecule has 2 atom stereocenters. The average molecular weight is 349 g/mol. The van der Waals surface area contributed by atoms with E-state index in [4.69, 9.17) is 5.14 Å². The Bertz CT molecular complexity index is 750. The van der Waals surface area contributed by atoms with Crippen molar-refractivity contribution in [1.82, 2.24) is 4.90 Å². The average Bonchev–Trinajstić information content (AvgIpc) is 2.70. The molecule has 0 radical (unpaired) electrons. The number of hydrogen-bond donors (Lipinski definition) is 2. The zero-order valence-electron chi connectivity index (χ0n) is 13.5. The van der Waals surface area contributed by atoms with Crippen LogP contribution in [0.15, 0.2) is 29.2 Å². The molecule has 0 spiro atoms. The number of benzene rings is 1. The summed E-state index contributed by atoms with van der Waals surface area (Å²) in [5.41, 5.74) is 0.468. The lowest BCUT2D eigenvalue weighted by molar-refractivity contribution is 0.136. The number of carbonyl (C=O) groups excluding carboxylic acids is 1. The van der Waals surface area contributed by atoms with Gasteiger partial charge in [-0.2, -0.15) is 0 Å². The first-order valence-electron chi connectivity index (χ1n) is 8.59. The molecular formula is C17H23N3O3S. The fraction of sp³-hybridized carbons (Fsp3) is 0.588. The Kier molecular flexibility index (Phi) is 3.80. The van der Waals surface area contributed by atoms with E-state index < -0.39 is 10.0 Å². The number of rotatable bonds is 2. The largest absolute Gasteiger partial charge is 0.322 e. The lowest BCUT2D eigenvalue weighted by Crippen LogP contribution is -2.44. The number of fused-ring (bicyclic) bond motifs is 1. The molecule has 2 aliphatic heterocycles. The van der Waals surface area contributed by atoms with Crippen molar-refractivity contribution in [2.24, 2.45) is 22.9 Å². The van der Waals surface area contributed by atoms with Crippen molar-refractivity contribution < 1.29 is 13.2 Å². The van der Waals surface area contributed by atoms with E-state index in [-0.39, 0.29) is 10.9 Å². The third kappa shape index (κ3) is 3.02. The van der Waals surface area contributed by atoms with Crippen LogP contribution in [0.4, 0.5) is 10.5 Å². The van der Waals surface area contributed by atoms with E-state index in [9.17, 15) is 13.2 Å². The van der Waals surface area contributed by atoms with Crippen LogP contribution in [0.2, 0.25) is 0 Å². The molecule has 2 saturated carbocycles. The van der Waals surface area contributed by atoms with Crippen LogP contribution in [0, 0.1) is 17.8 Å².